The largest absolute Gasteiger partial charge is 0.496 e. The van der Waals surface area contributed by atoms with E-state index in [2.05, 4.69) is 37.9 Å². The molecule has 0 aromatic heterocycles. The summed E-state index contributed by atoms with van der Waals surface area (Å²) in [7, 11) is 1.63. The minimum Gasteiger partial charge on any atom is -0.496 e. The zero-order valence-corrected chi connectivity index (χ0v) is 14.7. The molecule has 0 aliphatic heterocycles. The van der Waals surface area contributed by atoms with Crippen LogP contribution in [0.5, 0.6) is 5.75 Å². The highest BCUT2D eigenvalue weighted by Gasteiger charge is 2.19. The van der Waals surface area contributed by atoms with E-state index in [1.54, 1.807) is 7.11 Å². The summed E-state index contributed by atoms with van der Waals surface area (Å²) in [6.07, 6.45) is -0.713. The van der Waals surface area contributed by atoms with E-state index in [4.69, 9.17) is 4.74 Å². The van der Waals surface area contributed by atoms with Gasteiger partial charge in [-0.3, -0.25) is 0 Å². The quantitative estimate of drug-likeness (QED) is 0.793. The molecular formula is C16H16Br2O2. The second-order valence-electron chi connectivity index (χ2n) is 4.77. The highest BCUT2D eigenvalue weighted by Crippen LogP contribution is 2.35. The number of halogens is 2. The SMILES string of the molecule is COc1cc(C)cc(C)c1C(O)c1ccc(Br)c(Br)c1. The first-order valence-electron chi connectivity index (χ1n) is 6.22. The zero-order valence-electron chi connectivity index (χ0n) is 11.6. The number of rotatable bonds is 3. The minimum atomic E-state index is -0.713. The molecule has 1 atom stereocenters. The first kappa shape index (κ1) is 15.5. The van der Waals surface area contributed by atoms with E-state index >= 15 is 0 Å². The van der Waals surface area contributed by atoms with E-state index in [-0.39, 0.29) is 0 Å². The molecule has 0 saturated carbocycles. The smallest absolute Gasteiger partial charge is 0.125 e. The molecule has 1 N–H and O–H groups in total. The Hall–Kier alpha value is -0.840. The van der Waals surface area contributed by atoms with E-state index in [1.807, 2.05) is 38.1 Å². The molecule has 0 spiro atoms. The van der Waals surface area contributed by atoms with Crippen molar-refractivity contribution in [2.45, 2.75) is 20.0 Å². The van der Waals surface area contributed by atoms with Crippen molar-refractivity contribution >= 4 is 31.9 Å². The van der Waals surface area contributed by atoms with E-state index in [0.29, 0.717) is 5.75 Å². The Bertz CT molecular complexity index is 639. The molecule has 4 heteroatoms. The summed E-state index contributed by atoms with van der Waals surface area (Å²) in [6.45, 7) is 4.00. The van der Waals surface area contributed by atoms with Crippen LogP contribution in [0.3, 0.4) is 0 Å². The normalized spacial score (nSPS) is 12.3. The van der Waals surface area contributed by atoms with E-state index in [0.717, 1.165) is 31.2 Å². The van der Waals surface area contributed by atoms with Crippen molar-refractivity contribution in [3.05, 3.63) is 61.5 Å². The highest BCUT2D eigenvalue weighted by molar-refractivity contribution is 9.13. The molecule has 0 radical (unpaired) electrons. The molecule has 2 aromatic carbocycles. The Kier molecular flexibility index (Phi) is 4.89. The molecule has 2 rings (SSSR count). The van der Waals surface area contributed by atoms with Gasteiger partial charge in [-0.1, -0.05) is 12.1 Å². The predicted octanol–water partition coefficient (Wildman–Crippen LogP) is 4.92. The number of hydrogen-bond acceptors (Lipinski definition) is 2. The van der Waals surface area contributed by atoms with Crippen LogP contribution in [0.4, 0.5) is 0 Å². The van der Waals surface area contributed by atoms with Crippen LogP contribution < -0.4 is 4.74 Å². The number of aliphatic hydroxyl groups excluding tert-OH is 1. The number of aryl methyl sites for hydroxylation is 2. The first-order chi connectivity index (χ1) is 9.43. The van der Waals surface area contributed by atoms with Crippen LogP contribution in [0.1, 0.15) is 28.4 Å². The van der Waals surface area contributed by atoms with Crippen LogP contribution in [-0.4, -0.2) is 12.2 Å². The lowest BCUT2D eigenvalue weighted by Gasteiger charge is -2.19. The molecule has 106 valence electrons. The molecular weight excluding hydrogens is 384 g/mol. The van der Waals surface area contributed by atoms with Gasteiger partial charge in [-0.15, -0.1) is 0 Å². The van der Waals surface area contributed by atoms with Gasteiger partial charge in [0.15, 0.2) is 0 Å². The molecule has 0 amide bonds. The number of hydrogen-bond donors (Lipinski definition) is 1. The van der Waals surface area contributed by atoms with Gasteiger partial charge < -0.3 is 9.84 Å². The van der Waals surface area contributed by atoms with Crippen molar-refractivity contribution in [3.63, 3.8) is 0 Å². The van der Waals surface area contributed by atoms with Gasteiger partial charge in [-0.2, -0.15) is 0 Å². The molecule has 0 bridgehead atoms. The summed E-state index contributed by atoms with van der Waals surface area (Å²) >= 11 is 6.90. The summed E-state index contributed by atoms with van der Waals surface area (Å²) < 4.78 is 7.30. The summed E-state index contributed by atoms with van der Waals surface area (Å²) in [5.41, 5.74) is 3.78. The third-order valence-corrected chi connectivity index (χ3v) is 5.13. The fourth-order valence-corrected chi connectivity index (χ4v) is 2.95. The molecule has 1 unspecified atom stereocenters. The van der Waals surface area contributed by atoms with Crippen LogP contribution in [0.15, 0.2) is 39.3 Å². The van der Waals surface area contributed by atoms with Crippen molar-refractivity contribution in [3.8, 4) is 5.75 Å². The number of aliphatic hydroxyl groups is 1. The summed E-state index contributed by atoms with van der Waals surface area (Å²) in [5, 5.41) is 10.7. The van der Waals surface area contributed by atoms with Crippen LogP contribution in [0.25, 0.3) is 0 Å². The van der Waals surface area contributed by atoms with Gasteiger partial charge in [0.25, 0.3) is 0 Å². The molecule has 2 nitrogen and oxygen atoms in total. The van der Waals surface area contributed by atoms with Crippen molar-refractivity contribution in [1.82, 2.24) is 0 Å². The van der Waals surface area contributed by atoms with Gasteiger partial charge >= 0.3 is 0 Å². The van der Waals surface area contributed by atoms with Crippen LogP contribution in [-0.2, 0) is 0 Å². The van der Waals surface area contributed by atoms with E-state index in [9.17, 15) is 5.11 Å². The first-order valence-corrected chi connectivity index (χ1v) is 7.80. The summed E-state index contributed by atoms with van der Waals surface area (Å²) in [6, 6.07) is 9.72. The molecule has 0 aliphatic rings. The lowest BCUT2D eigenvalue weighted by molar-refractivity contribution is 0.214. The predicted molar refractivity (Wildman–Crippen MR) is 88.4 cm³/mol. The molecule has 20 heavy (non-hydrogen) atoms. The Morgan fingerprint density at radius 3 is 2.35 bits per heavy atom. The Labute approximate surface area is 136 Å². The van der Waals surface area contributed by atoms with Gasteiger partial charge in [0.1, 0.15) is 11.9 Å². The van der Waals surface area contributed by atoms with Gasteiger partial charge in [-0.25, -0.2) is 0 Å². The second kappa shape index (κ2) is 6.29. The monoisotopic (exact) mass is 398 g/mol. The lowest BCUT2D eigenvalue weighted by atomic mass is 9.95. The second-order valence-corrected chi connectivity index (χ2v) is 6.48. The highest BCUT2D eigenvalue weighted by atomic mass is 79.9. The maximum atomic E-state index is 10.7. The Morgan fingerprint density at radius 1 is 1.05 bits per heavy atom. The van der Waals surface area contributed by atoms with Gasteiger partial charge in [0.2, 0.25) is 0 Å². The van der Waals surface area contributed by atoms with Crippen molar-refractivity contribution in [2.75, 3.05) is 7.11 Å². The standard InChI is InChI=1S/C16H16Br2O2/c1-9-6-10(2)15(14(7-9)20-3)16(19)11-4-5-12(17)13(18)8-11/h4-8,16,19H,1-3H3. The molecule has 2 aromatic rings. The summed E-state index contributed by atoms with van der Waals surface area (Å²) in [4.78, 5) is 0. The molecule has 0 fully saturated rings. The van der Waals surface area contributed by atoms with Crippen LogP contribution in [0, 0.1) is 13.8 Å². The maximum Gasteiger partial charge on any atom is 0.125 e. The zero-order chi connectivity index (χ0) is 14.9. The van der Waals surface area contributed by atoms with E-state index in [1.165, 1.54) is 0 Å². The van der Waals surface area contributed by atoms with E-state index < -0.39 is 6.10 Å². The Balaban J connectivity index is 2.52. The third-order valence-electron chi connectivity index (χ3n) is 3.25. The van der Waals surface area contributed by atoms with Gasteiger partial charge in [0.05, 0.1) is 7.11 Å². The minimum absolute atomic E-state index is 0.713. The average Bonchev–Trinajstić information content (AvgIpc) is 2.40. The number of ether oxygens (including phenoxy) is 1. The lowest BCUT2D eigenvalue weighted by Crippen LogP contribution is -2.05. The Morgan fingerprint density at radius 2 is 1.75 bits per heavy atom. The van der Waals surface area contributed by atoms with Crippen LogP contribution in [0.2, 0.25) is 0 Å². The average molecular weight is 400 g/mol. The van der Waals surface area contributed by atoms with Crippen molar-refractivity contribution in [2.24, 2.45) is 0 Å². The fourth-order valence-electron chi connectivity index (χ4n) is 2.31. The topological polar surface area (TPSA) is 29.5 Å². The summed E-state index contributed by atoms with van der Waals surface area (Å²) in [5.74, 6) is 0.717. The van der Waals surface area contributed by atoms with Gasteiger partial charge in [-0.05, 0) is 80.6 Å². The third kappa shape index (κ3) is 3.08. The molecule has 0 heterocycles. The van der Waals surface area contributed by atoms with Gasteiger partial charge in [0, 0.05) is 14.5 Å². The molecule has 0 saturated heterocycles. The van der Waals surface area contributed by atoms with Crippen LogP contribution >= 0.6 is 31.9 Å². The van der Waals surface area contributed by atoms with Crippen molar-refractivity contribution in [1.29, 1.82) is 0 Å². The van der Waals surface area contributed by atoms with Crippen molar-refractivity contribution < 1.29 is 9.84 Å². The molecule has 0 aliphatic carbocycles. The maximum absolute atomic E-state index is 10.7. The number of benzene rings is 2. The fraction of sp³-hybridized carbons (Fsp3) is 0.250. The number of methoxy groups -OCH3 is 1.